The van der Waals surface area contributed by atoms with E-state index in [0.717, 1.165) is 0 Å². The summed E-state index contributed by atoms with van der Waals surface area (Å²) < 4.78 is 41.4. The molecule has 0 aromatic heterocycles. The van der Waals surface area contributed by atoms with Crippen molar-refractivity contribution in [1.82, 2.24) is 0 Å². The fourth-order valence-corrected chi connectivity index (χ4v) is 2.28. The zero-order valence-electron chi connectivity index (χ0n) is 10.8. The topological polar surface area (TPSA) is 105 Å². The third-order valence-corrected chi connectivity index (χ3v) is 3.57. The molecule has 0 bridgehead atoms. The van der Waals surface area contributed by atoms with Crippen molar-refractivity contribution >= 4 is 15.8 Å². The first kappa shape index (κ1) is 15.5. The normalized spacial score (nSPS) is 14.6. The lowest BCUT2D eigenvalue weighted by molar-refractivity contribution is 0.191. The van der Waals surface area contributed by atoms with Crippen molar-refractivity contribution in [1.29, 1.82) is 0 Å². The minimum absolute atomic E-state index is 0.333. The number of anilines is 1. The fraction of sp³-hybridized carbons (Fsp3) is 0.455. The van der Waals surface area contributed by atoms with Gasteiger partial charge in [-0.15, -0.1) is 0 Å². The van der Waals surface area contributed by atoms with Crippen molar-refractivity contribution in [2.75, 3.05) is 19.5 Å². The predicted molar refractivity (Wildman–Crippen MR) is 70.2 cm³/mol. The molecule has 0 heterocycles. The van der Waals surface area contributed by atoms with Crippen LogP contribution in [-0.2, 0) is 10.1 Å². The Labute approximate surface area is 111 Å². The highest BCUT2D eigenvalue weighted by Crippen LogP contribution is 2.27. The molecule has 2 atom stereocenters. The van der Waals surface area contributed by atoms with E-state index in [1.54, 1.807) is 6.07 Å². The van der Waals surface area contributed by atoms with Gasteiger partial charge in [0.05, 0.1) is 20.3 Å². The molecule has 0 spiro atoms. The average Bonchev–Trinajstić information content (AvgIpc) is 2.33. The van der Waals surface area contributed by atoms with Gasteiger partial charge in [0.1, 0.15) is 11.5 Å². The number of aliphatic hydroxyl groups is 1. The van der Waals surface area contributed by atoms with Crippen molar-refractivity contribution < 1.29 is 27.6 Å². The van der Waals surface area contributed by atoms with E-state index in [-0.39, 0.29) is 0 Å². The van der Waals surface area contributed by atoms with Crippen molar-refractivity contribution in [2.24, 2.45) is 0 Å². The van der Waals surface area contributed by atoms with Crippen LogP contribution in [0.1, 0.15) is 6.92 Å². The van der Waals surface area contributed by atoms with Crippen molar-refractivity contribution in [2.45, 2.75) is 18.4 Å². The molecule has 1 aromatic rings. The van der Waals surface area contributed by atoms with Gasteiger partial charge in [-0.1, -0.05) is 0 Å². The molecule has 0 aliphatic heterocycles. The van der Waals surface area contributed by atoms with Crippen LogP contribution < -0.4 is 14.8 Å². The van der Waals surface area contributed by atoms with E-state index < -0.39 is 21.6 Å². The zero-order valence-corrected chi connectivity index (χ0v) is 11.6. The van der Waals surface area contributed by atoms with Crippen LogP contribution in [-0.4, -0.2) is 43.8 Å². The summed E-state index contributed by atoms with van der Waals surface area (Å²) in [6.07, 6.45) is -1.30. The summed E-state index contributed by atoms with van der Waals surface area (Å²) in [4.78, 5) is 0. The van der Waals surface area contributed by atoms with Gasteiger partial charge >= 0.3 is 0 Å². The molecule has 1 rings (SSSR count). The lowest BCUT2D eigenvalue weighted by atomic mass is 10.2. The Kier molecular flexibility index (Phi) is 4.98. The number of rotatable bonds is 6. The molecule has 2 unspecified atom stereocenters. The number of aliphatic hydroxyl groups excluding tert-OH is 1. The molecule has 108 valence electrons. The Bertz CT molecular complexity index is 506. The second-order valence-electron chi connectivity index (χ2n) is 3.92. The van der Waals surface area contributed by atoms with E-state index in [1.807, 2.05) is 0 Å². The molecule has 1 aromatic carbocycles. The van der Waals surface area contributed by atoms with Gasteiger partial charge in [0.25, 0.3) is 10.1 Å². The Morgan fingerprint density at radius 3 is 1.95 bits per heavy atom. The van der Waals surface area contributed by atoms with E-state index in [9.17, 15) is 13.5 Å². The molecule has 0 saturated heterocycles. The van der Waals surface area contributed by atoms with Crippen LogP contribution in [0, 0.1) is 0 Å². The number of hydrogen-bond donors (Lipinski definition) is 3. The van der Waals surface area contributed by atoms with Crippen LogP contribution >= 0.6 is 0 Å². The summed E-state index contributed by atoms with van der Waals surface area (Å²) >= 11 is 0. The zero-order chi connectivity index (χ0) is 14.6. The van der Waals surface area contributed by atoms with Gasteiger partial charge in [0, 0.05) is 23.9 Å². The number of methoxy groups -OCH3 is 2. The second-order valence-corrected chi connectivity index (χ2v) is 5.46. The van der Waals surface area contributed by atoms with Gasteiger partial charge in [0.2, 0.25) is 0 Å². The van der Waals surface area contributed by atoms with Crippen LogP contribution in [0.5, 0.6) is 11.5 Å². The summed E-state index contributed by atoms with van der Waals surface area (Å²) in [5.74, 6) is 0.892. The van der Waals surface area contributed by atoms with E-state index in [0.29, 0.717) is 17.2 Å². The summed E-state index contributed by atoms with van der Waals surface area (Å²) in [7, 11) is -1.54. The first-order chi connectivity index (χ1) is 8.77. The molecule has 19 heavy (non-hydrogen) atoms. The lowest BCUT2D eigenvalue weighted by Gasteiger charge is -2.20. The summed E-state index contributed by atoms with van der Waals surface area (Å²) in [5.41, 5.74) is 0.333. The monoisotopic (exact) mass is 291 g/mol. The fourth-order valence-electron chi connectivity index (χ4n) is 1.50. The van der Waals surface area contributed by atoms with Gasteiger partial charge in [-0.2, -0.15) is 8.42 Å². The molecule has 0 radical (unpaired) electrons. The maximum absolute atomic E-state index is 11.2. The van der Waals surface area contributed by atoms with E-state index in [2.05, 4.69) is 5.32 Å². The van der Waals surface area contributed by atoms with Crippen molar-refractivity contribution in [3.05, 3.63) is 18.2 Å². The Balaban J connectivity index is 3.09. The Morgan fingerprint density at radius 2 is 1.63 bits per heavy atom. The third kappa shape index (κ3) is 4.27. The second kappa shape index (κ2) is 6.09. The van der Waals surface area contributed by atoms with Gasteiger partial charge < -0.3 is 19.9 Å². The first-order valence-electron chi connectivity index (χ1n) is 5.42. The van der Waals surface area contributed by atoms with Crippen LogP contribution in [0.15, 0.2) is 18.2 Å². The Morgan fingerprint density at radius 1 is 1.16 bits per heavy atom. The molecule has 0 fully saturated rings. The highest BCUT2D eigenvalue weighted by atomic mass is 32.2. The maximum Gasteiger partial charge on any atom is 0.288 e. The molecule has 0 amide bonds. The lowest BCUT2D eigenvalue weighted by Crippen LogP contribution is -2.38. The molecular weight excluding hydrogens is 274 g/mol. The van der Waals surface area contributed by atoms with Crippen LogP contribution in [0.25, 0.3) is 0 Å². The van der Waals surface area contributed by atoms with Crippen LogP contribution in [0.2, 0.25) is 0 Å². The largest absolute Gasteiger partial charge is 0.497 e. The predicted octanol–water partition coefficient (Wildman–Crippen LogP) is 0.710. The molecule has 0 aliphatic rings. The molecule has 3 N–H and O–H groups in total. The summed E-state index contributed by atoms with van der Waals surface area (Å²) in [6.45, 7) is 1.25. The summed E-state index contributed by atoms with van der Waals surface area (Å²) in [6, 6.07) is 4.64. The Hall–Kier alpha value is -1.51. The molecule has 8 heteroatoms. The van der Waals surface area contributed by atoms with Crippen LogP contribution in [0.3, 0.4) is 0 Å². The molecular formula is C11H17NO6S. The van der Waals surface area contributed by atoms with Gasteiger partial charge in [-0.25, -0.2) is 0 Å². The molecule has 0 saturated carbocycles. The number of benzene rings is 1. The molecule has 7 nitrogen and oxygen atoms in total. The average molecular weight is 291 g/mol. The van der Waals surface area contributed by atoms with E-state index >= 15 is 0 Å². The van der Waals surface area contributed by atoms with E-state index in [1.165, 1.54) is 33.3 Å². The van der Waals surface area contributed by atoms with Gasteiger partial charge in [0.15, 0.2) is 5.37 Å². The maximum atomic E-state index is 11.2. The van der Waals surface area contributed by atoms with Crippen LogP contribution in [0.4, 0.5) is 5.69 Å². The molecule has 0 aliphatic carbocycles. The summed E-state index contributed by atoms with van der Waals surface area (Å²) in [5, 5.41) is 10.4. The third-order valence-electron chi connectivity index (χ3n) is 2.42. The smallest absolute Gasteiger partial charge is 0.288 e. The SMILES string of the molecule is COc1cc(NC(C(C)O)S(=O)(=O)O)cc(OC)c1. The standard InChI is InChI=1S/C11H17NO6S/c1-7(13)11(19(14,15)16)12-8-4-9(17-2)6-10(5-8)18-3/h4-7,11-13H,1-3H3,(H,14,15,16). The number of hydrogen-bond acceptors (Lipinski definition) is 6. The minimum atomic E-state index is -4.44. The first-order valence-corrected chi connectivity index (χ1v) is 6.92. The minimum Gasteiger partial charge on any atom is -0.497 e. The van der Waals surface area contributed by atoms with Crippen molar-refractivity contribution in [3.63, 3.8) is 0 Å². The van der Waals surface area contributed by atoms with E-state index in [4.69, 9.17) is 14.0 Å². The quantitative estimate of drug-likeness (QED) is 0.663. The van der Waals surface area contributed by atoms with Crippen molar-refractivity contribution in [3.8, 4) is 11.5 Å². The highest BCUT2D eigenvalue weighted by Gasteiger charge is 2.28. The van der Waals surface area contributed by atoms with Gasteiger partial charge in [-0.3, -0.25) is 4.55 Å². The van der Waals surface area contributed by atoms with Gasteiger partial charge in [-0.05, 0) is 6.92 Å². The number of nitrogens with one attached hydrogen (secondary N) is 1. The highest BCUT2D eigenvalue weighted by molar-refractivity contribution is 7.86. The number of ether oxygens (including phenoxy) is 2.